The van der Waals surface area contributed by atoms with Gasteiger partial charge in [0.1, 0.15) is 0 Å². The second kappa shape index (κ2) is 7.58. The van der Waals surface area contributed by atoms with Crippen LogP contribution < -0.4 is 5.90 Å². The van der Waals surface area contributed by atoms with Gasteiger partial charge in [0.05, 0.1) is 11.1 Å². The lowest BCUT2D eigenvalue weighted by Crippen LogP contribution is -2.06. The number of nitrogens with two attached hydrogens (primary N) is 1. The Bertz CT molecular complexity index is 435. The summed E-state index contributed by atoms with van der Waals surface area (Å²) in [5, 5.41) is 17.1. The minimum absolute atomic E-state index is 0.190. The molecule has 0 fully saturated rings. The summed E-state index contributed by atoms with van der Waals surface area (Å²) < 4.78 is 0. The summed E-state index contributed by atoms with van der Waals surface area (Å²) in [5.74, 6) is 1.29. The van der Waals surface area contributed by atoms with Crippen molar-refractivity contribution in [1.82, 2.24) is 0 Å². The predicted octanol–water partition coefficient (Wildman–Crippen LogP) is 0.672. The van der Waals surface area contributed by atoms with E-state index in [1.165, 1.54) is 24.3 Å². The lowest BCUT2D eigenvalue weighted by molar-refractivity contribution is -0.138. The van der Waals surface area contributed by atoms with Crippen LogP contribution in [0.15, 0.2) is 36.9 Å². The van der Waals surface area contributed by atoms with Crippen molar-refractivity contribution in [3.63, 3.8) is 0 Å². The molecule has 1 rings (SSSR count). The third kappa shape index (κ3) is 4.90. The van der Waals surface area contributed by atoms with Gasteiger partial charge in [-0.15, -0.1) is 0 Å². The average Bonchev–Trinajstić information content (AvgIpc) is 2.38. The van der Waals surface area contributed by atoms with Crippen LogP contribution in [0, 0.1) is 0 Å². The van der Waals surface area contributed by atoms with E-state index in [1.54, 1.807) is 0 Å². The van der Waals surface area contributed by atoms with Crippen molar-refractivity contribution in [3.05, 3.63) is 48.0 Å². The standard InChI is InChI=1S/C8H6O4.C3H5NO2/c9-7(10)5-3-1-2-4-6(5)8(11)12;1-2-3(5)6-4/h1-4H,(H,9,10)(H,11,12);2H,1,4H2. The maximum atomic E-state index is 10.5. The smallest absolute Gasteiger partial charge is 0.348 e. The van der Waals surface area contributed by atoms with Crippen LogP contribution >= 0.6 is 0 Å². The molecule has 0 radical (unpaired) electrons. The van der Waals surface area contributed by atoms with Crippen molar-refractivity contribution in [3.8, 4) is 0 Å². The summed E-state index contributed by atoms with van der Waals surface area (Å²) in [4.78, 5) is 34.3. The van der Waals surface area contributed by atoms with Gasteiger partial charge in [0.15, 0.2) is 0 Å². The SMILES string of the molecule is C=CC(=O)ON.O=C(O)c1ccccc1C(=O)O. The first-order valence-corrected chi connectivity index (χ1v) is 4.52. The van der Waals surface area contributed by atoms with Crippen LogP contribution in [0.5, 0.6) is 0 Å². The van der Waals surface area contributed by atoms with Crippen molar-refractivity contribution in [2.24, 2.45) is 5.90 Å². The van der Waals surface area contributed by atoms with Crippen LogP contribution in [0.4, 0.5) is 0 Å². The number of benzene rings is 1. The second-order valence-corrected chi connectivity index (χ2v) is 2.80. The van der Waals surface area contributed by atoms with Crippen LogP contribution in [0.3, 0.4) is 0 Å². The van der Waals surface area contributed by atoms with Gasteiger partial charge in [-0.1, -0.05) is 18.7 Å². The van der Waals surface area contributed by atoms with Gasteiger partial charge in [-0.2, -0.15) is 5.90 Å². The van der Waals surface area contributed by atoms with Gasteiger partial charge in [0.25, 0.3) is 0 Å². The van der Waals surface area contributed by atoms with Crippen molar-refractivity contribution in [1.29, 1.82) is 0 Å². The molecule has 7 nitrogen and oxygen atoms in total. The Morgan fingerprint density at radius 2 is 1.50 bits per heavy atom. The third-order valence-corrected chi connectivity index (χ3v) is 1.67. The third-order valence-electron chi connectivity index (χ3n) is 1.67. The largest absolute Gasteiger partial charge is 0.478 e. The number of rotatable bonds is 3. The molecule has 0 atom stereocenters. The Hall–Kier alpha value is -2.67. The summed E-state index contributed by atoms with van der Waals surface area (Å²) in [5.41, 5.74) is -0.380. The molecule has 0 unspecified atom stereocenters. The Morgan fingerprint density at radius 3 is 1.67 bits per heavy atom. The Morgan fingerprint density at radius 1 is 1.11 bits per heavy atom. The van der Waals surface area contributed by atoms with Crippen LogP contribution in [0.2, 0.25) is 0 Å². The first-order chi connectivity index (χ1) is 8.43. The number of carbonyl (C=O) groups is 3. The highest BCUT2D eigenvalue weighted by molar-refractivity contribution is 6.01. The molecule has 1 aromatic carbocycles. The topological polar surface area (TPSA) is 127 Å². The first kappa shape index (κ1) is 15.3. The van der Waals surface area contributed by atoms with E-state index in [1.807, 2.05) is 0 Å². The number of carboxylic acid groups (broad SMARTS) is 2. The van der Waals surface area contributed by atoms with Gasteiger partial charge in [-0.3, -0.25) is 0 Å². The quantitative estimate of drug-likeness (QED) is 0.533. The van der Waals surface area contributed by atoms with E-state index >= 15 is 0 Å². The van der Waals surface area contributed by atoms with E-state index in [9.17, 15) is 14.4 Å². The molecular weight excluding hydrogens is 242 g/mol. The molecule has 0 bridgehead atoms. The molecule has 1 aromatic rings. The van der Waals surface area contributed by atoms with Crippen LogP contribution in [0.25, 0.3) is 0 Å². The summed E-state index contributed by atoms with van der Waals surface area (Å²) in [6.07, 6.45) is 0.986. The molecule has 0 saturated carbocycles. The minimum Gasteiger partial charge on any atom is -0.478 e. The van der Waals surface area contributed by atoms with E-state index in [0.29, 0.717) is 0 Å². The van der Waals surface area contributed by atoms with Crippen molar-refractivity contribution < 1.29 is 29.4 Å². The summed E-state index contributed by atoms with van der Waals surface area (Å²) in [6, 6.07) is 5.48. The minimum atomic E-state index is -1.23. The highest BCUT2D eigenvalue weighted by Gasteiger charge is 2.13. The van der Waals surface area contributed by atoms with Crippen LogP contribution in [-0.4, -0.2) is 28.1 Å². The maximum Gasteiger partial charge on any atom is 0.348 e. The molecule has 0 saturated heterocycles. The van der Waals surface area contributed by atoms with Crippen molar-refractivity contribution in [2.45, 2.75) is 0 Å². The zero-order valence-electron chi connectivity index (χ0n) is 9.20. The maximum absolute atomic E-state index is 10.5. The Kier molecular flexibility index (Phi) is 6.45. The fraction of sp³-hybridized carbons (Fsp3) is 0. The van der Waals surface area contributed by atoms with Gasteiger partial charge in [0, 0.05) is 6.08 Å². The van der Waals surface area contributed by atoms with Gasteiger partial charge in [0.2, 0.25) is 0 Å². The average molecular weight is 253 g/mol. The molecule has 0 amide bonds. The number of aromatic carboxylic acids is 2. The molecule has 4 N–H and O–H groups in total. The monoisotopic (exact) mass is 253 g/mol. The summed E-state index contributed by atoms with van der Waals surface area (Å²) in [6.45, 7) is 3.08. The Labute approximate surface area is 102 Å². The lowest BCUT2D eigenvalue weighted by Gasteiger charge is -1.98. The fourth-order valence-corrected chi connectivity index (χ4v) is 0.904. The van der Waals surface area contributed by atoms with Gasteiger partial charge >= 0.3 is 17.9 Å². The molecular formula is C11H11NO6. The first-order valence-electron chi connectivity index (χ1n) is 4.52. The van der Waals surface area contributed by atoms with E-state index in [2.05, 4.69) is 17.3 Å². The van der Waals surface area contributed by atoms with Gasteiger partial charge in [-0.05, 0) is 12.1 Å². The molecule has 0 heterocycles. The van der Waals surface area contributed by atoms with Crippen LogP contribution in [0.1, 0.15) is 20.7 Å². The number of hydrogen-bond donors (Lipinski definition) is 3. The number of carbonyl (C=O) groups excluding carboxylic acids is 1. The molecule has 18 heavy (non-hydrogen) atoms. The second-order valence-electron chi connectivity index (χ2n) is 2.80. The summed E-state index contributed by atoms with van der Waals surface area (Å²) in [7, 11) is 0. The number of hydrogen-bond acceptors (Lipinski definition) is 5. The highest BCUT2D eigenvalue weighted by atomic mass is 16.7. The normalized spacial score (nSPS) is 8.50. The zero-order valence-corrected chi connectivity index (χ0v) is 9.20. The molecule has 0 aliphatic carbocycles. The predicted molar refractivity (Wildman–Crippen MR) is 60.8 cm³/mol. The molecule has 96 valence electrons. The van der Waals surface area contributed by atoms with E-state index in [0.717, 1.165) is 6.08 Å². The summed E-state index contributed by atoms with van der Waals surface area (Å²) >= 11 is 0. The van der Waals surface area contributed by atoms with Crippen molar-refractivity contribution in [2.75, 3.05) is 0 Å². The Balaban J connectivity index is 0.000000411. The molecule has 0 aromatic heterocycles. The van der Waals surface area contributed by atoms with Crippen LogP contribution in [-0.2, 0) is 9.63 Å². The zero-order chi connectivity index (χ0) is 14.1. The van der Waals surface area contributed by atoms with E-state index < -0.39 is 17.9 Å². The lowest BCUT2D eigenvalue weighted by atomic mass is 10.1. The molecule has 0 spiro atoms. The van der Waals surface area contributed by atoms with E-state index in [4.69, 9.17) is 10.2 Å². The molecule has 0 aliphatic heterocycles. The molecule has 7 heteroatoms. The van der Waals surface area contributed by atoms with Gasteiger partial charge < -0.3 is 15.1 Å². The fourth-order valence-electron chi connectivity index (χ4n) is 0.904. The van der Waals surface area contributed by atoms with Crippen molar-refractivity contribution >= 4 is 17.9 Å². The number of carboxylic acids is 2. The highest BCUT2D eigenvalue weighted by Crippen LogP contribution is 2.07. The van der Waals surface area contributed by atoms with Gasteiger partial charge in [-0.25, -0.2) is 14.4 Å². The molecule has 0 aliphatic rings. The van der Waals surface area contributed by atoms with E-state index in [-0.39, 0.29) is 11.1 Å².